The Bertz CT molecular complexity index is 1390. The maximum absolute atomic E-state index is 13.4. The van der Waals surface area contributed by atoms with Gasteiger partial charge in [-0.2, -0.15) is 0 Å². The van der Waals surface area contributed by atoms with E-state index < -0.39 is 32.1 Å². The molecule has 0 aromatic heterocycles. The van der Waals surface area contributed by atoms with Crippen LogP contribution in [0, 0.1) is 21.3 Å². The van der Waals surface area contributed by atoms with E-state index in [2.05, 4.69) is 9.44 Å². The Morgan fingerprint density at radius 1 is 0.500 bits per heavy atom. The summed E-state index contributed by atoms with van der Waals surface area (Å²) < 4.78 is 62.0. The summed E-state index contributed by atoms with van der Waals surface area (Å²) in [6.45, 7) is 3.72. The molecule has 4 aromatic carbocycles. The molecule has 9 heteroatoms. The van der Waals surface area contributed by atoms with Gasteiger partial charge in [0.2, 0.25) is 0 Å². The number of sulfonamides is 2. The third-order valence-electron chi connectivity index (χ3n) is 5.72. The first kappa shape index (κ1) is 31.5. The van der Waals surface area contributed by atoms with E-state index in [0.717, 1.165) is 11.1 Å². The summed E-state index contributed by atoms with van der Waals surface area (Å²) in [7, 11) is -8.27. The van der Waals surface area contributed by atoms with Crippen molar-refractivity contribution in [3.63, 3.8) is 0 Å². The van der Waals surface area contributed by atoms with Gasteiger partial charge in [0.25, 0.3) is 0 Å². The van der Waals surface area contributed by atoms with E-state index in [1.54, 1.807) is 84.9 Å². The van der Waals surface area contributed by atoms with Gasteiger partial charge in [0.15, 0.2) is 0 Å². The van der Waals surface area contributed by atoms with Crippen LogP contribution in [-0.2, 0) is 39.5 Å². The molecule has 0 spiro atoms. The van der Waals surface area contributed by atoms with Crippen molar-refractivity contribution in [3.8, 4) is 0 Å². The quantitative estimate of drug-likeness (QED) is 0.146. The summed E-state index contributed by atoms with van der Waals surface area (Å²) in [5.41, 5.74) is 2.89. The third-order valence-corrected chi connectivity index (χ3v) is 8.47. The van der Waals surface area contributed by atoms with Crippen molar-refractivity contribution in [2.75, 3.05) is 0 Å². The maximum Gasteiger partial charge on any atom is 3.00 e. The normalized spacial score (nSPS) is 13.0. The molecule has 4 rings (SSSR count). The second kappa shape index (κ2) is 13.4. The van der Waals surface area contributed by atoms with Crippen LogP contribution in [0.2, 0.25) is 0 Å². The molecule has 0 fully saturated rings. The van der Waals surface area contributed by atoms with Crippen LogP contribution in [0.25, 0.3) is 9.44 Å². The topological polar surface area (TPSA) is 96.5 Å². The molecule has 1 radical (unpaired) electrons. The number of hydrogen-bond acceptors (Lipinski definition) is 4. The molecule has 0 aliphatic heterocycles. The molecule has 0 saturated heterocycles. The molecular weight excluding hydrogens is 606 g/mol. The van der Waals surface area contributed by atoms with Crippen LogP contribution >= 0.6 is 0 Å². The van der Waals surface area contributed by atoms with Gasteiger partial charge >= 0.3 is 19.5 Å². The maximum atomic E-state index is 13.4. The minimum Gasteiger partial charge on any atom is -0.539 e. The number of benzene rings is 4. The van der Waals surface area contributed by atoms with Crippen LogP contribution in [-0.4, -0.2) is 16.8 Å². The van der Waals surface area contributed by atoms with Gasteiger partial charge in [-0.3, -0.25) is 0 Å². The molecule has 0 bridgehead atoms. The summed E-state index contributed by atoms with van der Waals surface area (Å²) in [6, 6.07) is 28.1. The van der Waals surface area contributed by atoms with E-state index in [-0.39, 0.29) is 36.7 Å². The molecule has 0 aliphatic carbocycles. The average molecular weight is 635 g/mol. The Balaban J connectivity index is 0.00000253. The fourth-order valence-corrected chi connectivity index (χ4v) is 6.02. The molecule has 0 unspecified atom stereocenters. The fourth-order valence-electron chi connectivity index (χ4n) is 3.74. The minimum absolute atomic E-state index is 0. The van der Waals surface area contributed by atoms with Crippen LogP contribution in [0.5, 0.6) is 0 Å². The molecule has 0 saturated carbocycles. The van der Waals surface area contributed by atoms with Gasteiger partial charge in [-0.15, -0.1) is 12.1 Å². The smallest absolute Gasteiger partial charge is 0.539 e. The minimum atomic E-state index is -4.13. The van der Waals surface area contributed by atoms with Crippen molar-refractivity contribution in [1.29, 1.82) is 0 Å². The van der Waals surface area contributed by atoms with Gasteiger partial charge in [0, 0.05) is 9.79 Å². The molecule has 2 atom stereocenters. The first-order chi connectivity index (χ1) is 17.2. The second-order valence-electron chi connectivity index (χ2n) is 8.50. The number of nitrogens with zero attached hydrogens (tertiary/aromatic N) is 2. The first-order valence-electron chi connectivity index (χ1n) is 11.3. The molecule has 0 aliphatic rings. The van der Waals surface area contributed by atoms with Crippen LogP contribution in [0.1, 0.15) is 34.3 Å². The standard InChI is InChI=1S/C28H26N2O4S2.CH3.Ru/c1-21-13-17-25(18-14-21)35(31,32)29-27(23-9-5-3-6-10-23)28(24-11-7-4-8-12-24)30-36(33,34)26-19-15-22(2)16-20-26;;/h3-20,27-28H,1-2H3;1H3;/q-2;-1;+3/t27-,28-;;/m1../s1. The number of aryl methyl sites for hydroxylation is 2. The largest absolute Gasteiger partial charge is 3.00 e. The summed E-state index contributed by atoms with van der Waals surface area (Å²) in [5.74, 6) is 0. The molecular formula is C29H29N2O4RuS2. The van der Waals surface area contributed by atoms with E-state index in [1.165, 1.54) is 24.3 Å². The summed E-state index contributed by atoms with van der Waals surface area (Å²) in [4.78, 5) is 0.0597. The SMILES string of the molecule is Cc1ccc(S(=O)(=O)[N-][C@H](c2ccccc2)[C@H]([N-]S(=O)(=O)c2ccc(C)cc2)c2ccccc2)cc1.[CH3-].[Ru+3]. The Morgan fingerprint density at radius 3 is 1.08 bits per heavy atom. The summed E-state index contributed by atoms with van der Waals surface area (Å²) >= 11 is 0. The van der Waals surface area contributed by atoms with Gasteiger partial charge in [-0.1, -0.05) is 107 Å². The van der Waals surface area contributed by atoms with Crippen LogP contribution in [0.4, 0.5) is 0 Å². The van der Waals surface area contributed by atoms with Crippen molar-refractivity contribution in [3.05, 3.63) is 148 Å². The van der Waals surface area contributed by atoms with Gasteiger partial charge in [-0.05, 0) is 38.1 Å². The third kappa shape index (κ3) is 7.68. The first-order valence-corrected chi connectivity index (χ1v) is 14.2. The van der Waals surface area contributed by atoms with Crippen molar-refractivity contribution >= 4 is 20.0 Å². The molecule has 0 heterocycles. The van der Waals surface area contributed by atoms with Gasteiger partial charge in [-0.25, -0.2) is 16.8 Å². The van der Waals surface area contributed by atoms with Gasteiger partial charge in [0.05, 0.1) is 0 Å². The number of hydrogen-bond donors (Lipinski definition) is 0. The van der Waals surface area contributed by atoms with Crippen molar-refractivity contribution in [1.82, 2.24) is 0 Å². The predicted octanol–water partition coefficient (Wildman–Crippen LogP) is 7.06. The van der Waals surface area contributed by atoms with E-state index in [0.29, 0.717) is 11.1 Å². The predicted molar refractivity (Wildman–Crippen MR) is 148 cm³/mol. The fraction of sp³-hybridized carbons (Fsp3) is 0.138. The van der Waals surface area contributed by atoms with E-state index in [9.17, 15) is 16.8 Å². The van der Waals surface area contributed by atoms with E-state index in [1.807, 2.05) is 13.8 Å². The zero-order valence-electron chi connectivity index (χ0n) is 21.2. The molecule has 38 heavy (non-hydrogen) atoms. The Kier molecular flexibility index (Phi) is 11.1. The van der Waals surface area contributed by atoms with Crippen molar-refractivity contribution < 1.29 is 36.3 Å². The van der Waals surface area contributed by atoms with E-state index >= 15 is 0 Å². The molecule has 0 amide bonds. The van der Waals surface area contributed by atoms with Crippen LogP contribution in [0.3, 0.4) is 0 Å². The molecule has 0 N–H and O–H groups in total. The summed E-state index contributed by atoms with van der Waals surface area (Å²) in [5, 5.41) is 0. The van der Waals surface area contributed by atoms with Gasteiger partial charge in [0.1, 0.15) is 20.0 Å². The van der Waals surface area contributed by atoms with Crippen LogP contribution in [0.15, 0.2) is 119 Å². The molecule has 199 valence electrons. The van der Waals surface area contributed by atoms with Crippen molar-refractivity contribution in [2.45, 2.75) is 35.7 Å². The average Bonchev–Trinajstić information content (AvgIpc) is 2.88. The Morgan fingerprint density at radius 2 is 0.789 bits per heavy atom. The zero-order valence-corrected chi connectivity index (χ0v) is 24.6. The monoisotopic (exact) mass is 635 g/mol. The Labute approximate surface area is 239 Å². The molecule has 6 nitrogen and oxygen atoms in total. The van der Waals surface area contributed by atoms with Crippen LogP contribution < -0.4 is 0 Å². The zero-order chi connectivity index (χ0) is 25.8. The summed E-state index contributed by atoms with van der Waals surface area (Å²) in [6.07, 6.45) is 0. The number of rotatable bonds is 9. The van der Waals surface area contributed by atoms with Crippen molar-refractivity contribution in [2.24, 2.45) is 0 Å². The molecule has 4 aromatic rings. The van der Waals surface area contributed by atoms with Gasteiger partial charge < -0.3 is 16.9 Å². The van der Waals surface area contributed by atoms with E-state index in [4.69, 9.17) is 0 Å². The Hall–Kier alpha value is -2.68. The second-order valence-corrected chi connectivity index (χ2v) is 11.8.